The van der Waals surface area contributed by atoms with E-state index in [-0.39, 0.29) is 18.4 Å². The maximum atomic E-state index is 12.1. The molecule has 0 saturated carbocycles. The van der Waals surface area contributed by atoms with Crippen molar-refractivity contribution in [1.29, 1.82) is 5.26 Å². The molecule has 1 N–H and O–H groups in total. The van der Waals surface area contributed by atoms with Crippen LogP contribution >= 0.6 is 15.9 Å². The lowest BCUT2D eigenvalue weighted by atomic mass is 10.1. The first-order valence-corrected chi connectivity index (χ1v) is 6.69. The number of aromatic nitrogens is 2. The highest BCUT2D eigenvalue weighted by molar-refractivity contribution is 9.10. The van der Waals surface area contributed by atoms with Crippen LogP contribution in [-0.2, 0) is 0 Å². The van der Waals surface area contributed by atoms with Crippen molar-refractivity contribution in [2.24, 2.45) is 0 Å². The first-order chi connectivity index (χ1) is 9.70. The van der Waals surface area contributed by atoms with Crippen molar-refractivity contribution in [3.05, 3.63) is 58.6 Å². The first kappa shape index (κ1) is 14.2. The quantitative estimate of drug-likeness (QED) is 0.874. The van der Waals surface area contributed by atoms with Crippen LogP contribution in [0.5, 0.6) is 0 Å². The zero-order valence-corrected chi connectivity index (χ0v) is 12.0. The molecule has 6 heteroatoms. The molecule has 0 bridgehead atoms. The number of hydrogen-bond acceptors (Lipinski definition) is 4. The van der Waals surface area contributed by atoms with Crippen LogP contribution < -0.4 is 5.32 Å². The summed E-state index contributed by atoms with van der Waals surface area (Å²) in [6.45, 7) is 0. The molecule has 0 aliphatic heterocycles. The molecule has 2 rings (SSSR count). The minimum Gasteiger partial charge on any atom is -0.344 e. The van der Waals surface area contributed by atoms with E-state index in [9.17, 15) is 4.79 Å². The van der Waals surface area contributed by atoms with Gasteiger partial charge in [0, 0.05) is 24.2 Å². The molecule has 1 amide bonds. The molecule has 0 saturated heterocycles. The molecule has 0 fully saturated rings. The van der Waals surface area contributed by atoms with E-state index in [1.807, 2.05) is 0 Å². The minimum absolute atomic E-state index is 0.188. The fourth-order valence-corrected chi connectivity index (χ4v) is 2.11. The van der Waals surface area contributed by atoms with E-state index in [4.69, 9.17) is 5.26 Å². The van der Waals surface area contributed by atoms with E-state index in [2.05, 4.69) is 37.3 Å². The molecule has 0 spiro atoms. The van der Waals surface area contributed by atoms with Gasteiger partial charge >= 0.3 is 0 Å². The van der Waals surface area contributed by atoms with Crippen LogP contribution in [0.4, 0.5) is 0 Å². The van der Waals surface area contributed by atoms with Gasteiger partial charge in [-0.2, -0.15) is 5.26 Å². The zero-order chi connectivity index (χ0) is 14.4. The molecule has 2 heterocycles. The summed E-state index contributed by atoms with van der Waals surface area (Å²) in [5.74, 6) is -0.236. The summed E-state index contributed by atoms with van der Waals surface area (Å²) >= 11 is 3.28. The van der Waals surface area contributed by atoms with Gasteiger partial charge < -0.3 is 5.32 Å². The number of carbonyl (C=O) groups is 1. The van der Waals surface area contributed by atoms with Crippen molar-refractivity contribution in [2.75, 3.05) is 0 Å². The van der Waals surface area contributed by atoms with E-state index in [0.29, 0.717) is 10.2 Å². The minimum atomic E-state index is -0.375. The van der Waals surface area contributed by atoms with Crippen LogP contribution in [0.1, 0.15) is 28.4 Å². The lowest BCUT2D eigenvalue weighted by Crippen LogP contribution is -2.28. The summed E-state index contributed by atoms with van der Waals surface area (Å²) in [7, 11) is 0. The maximum Gasteiger partial charge on any atom is 0.251 e. The van der Waals surface area contributed by atoms with E-state index >= 15 is 0 Å². The second-order valence-electron chi connectivity index (χ2n) is 4.04. The molecule has 100 valence electrons. The van der Waals surface area contributed by atoms with E-state index in [1.54, 1.807) is 42.9 Å². The third-order valence-electron chi connectivity index (χ3n) is 2.70. The highest BCUT2D eigenvalue weighted by Gasteiger charge is 2.16. The van der Waals surface area contributed by atoms with Gasteiger partial charge in [0.15, 0.2) is 0 Å². The third kappa shape index (κ3) is 3.62. The van der Waals surface area contributed by atoms with Crippen molar-refractivity contribution >= 4 is 21.8 Å². The van der Waals surface area contributed by atoms with Crippen LogP contribution in [0.15, 0.2) is 47.5 Å². The Morgan fingerprint density at radius 1 is 1.35 bits per heavy atom. The average molecular weight is 331 g/mol. The van der Waals surface area contributed by atoms with Gasteiger partial charge in [-0.25, -0.2) is 4.98 Å². The van der Waals surface area contributed by atoms with Crippen molar-refractivity contribution in [3.8, 4) is 6.07 Å². The largest absolute Gasteiger partial charge is 0.344 e. The molecule has 1 atom stereocenters. The molecule has 0 radical (unpaired) electrons. The molecule has 0 unspecified atom stereocenters. The molecule has 20 heavy (non-hydrogen) atoms. The second-order valence-corrected chi connectivity index (χ2v) is 4.85. The predicted molar refractivity (Wildman–Crippen MR) is 76.6 cm³/mol. The number of nitrogens with zero attached hydrogens (tertiary/aromatic N) is 3. The summed E-state index contributed by atoms with van der Waals surface area (Å²) in [4.78, 5) is 20.0. The highest BCUT2D eigenvalue weighted by Crippen LogP contribution is 2.19. The molecule has 0 aliphatic carbocycles. The molecular formula is C14H11BrN4O. The third-order valence-corrected chi connectivity index (χ3v) is 3.13. The number of nitrogens with one attached hydrogen (secondary N) is 1. The number of halogens is 1. The van der Waals surface area contributed by atoms with Gasteiger partial charge in [0.05, 0.1) is 18.5 Å². The number of rotatable bonds is 4. The lowest BCUT2D eigenvalue weighted by Gasteiger charge is -2.16. The summed E-state index contributed by atoms with van der Waals surface area (Å²) in [6, 6.07) is 8.52. The van der Waals surface area contributed by atoms with Crippen molar-refractivity contribution in [3.63, 3.8) is 0 Å². The number of carbonyl (C=O) groups excluding carboxylic acids is 1. The van der Waals surface area contributed by atoms with Gasteiger partial charge in [-0.3, -0.25) is 9.78 Å². The van der Waals surface area contributed by atoms with Crippen LogP contribution in [0.25, 0.3) is 0 Å². The SMILES string of the molecule is N#CC[C@H](NC(=O)c1ccncc1)c1ccnc(Br)c1. The fourth-order valence-electron chi connectivity index (χ4n) is 1.72. The van der Waals surface area contributed by atoms with E-state index in [1.165, 1.54) is 0 Å². The number of nitriles is 1. The summed E-state index contributed by atoms with van der Waals surface area (Å²) in [5.41, 5.74) is 1.34. The topological polar surface area (TPSA) is 78.7 Å². The van der Waals surface area contributed by atoms with Gasteiger partial charge in [0.1, 0.15) is 4.60 Å². The molecule has 2 aromatic rings. The van der Waals surface area contributed by atoms with Gasteiger partial charge in [-0.1, -0.05) is 0 Å². The molecule has 2 aromatic heterocycles. The van der Waals surface area contributed by atoms with Gasteiger partial charge in [0.2, 0.25) is 0 Å². The fraction of sp³-hybridized carbons (Fsp3) is 0.143. The Hall–Kier alpha value is -2.26. The van der Waals surface area contributed by atoms with E-state index in [0.717, 1.165) is 5.56 Å². The van der Waals surface area contributed by atoms with E-state index < -0.39 is 0 Å². The zero-order valence-electron chi connectivity index (χ0n) is 10.5. The molecular weight excluding hydrogens is 320 g/mol. The van der Waals surface area contributed by atoms with Gasteiger partial charge in [0.25, 0.3) is 5.91 Å². The van der Waals surface area contributed by atoms with Crippen LogP contribution in [0, 0.1) is 11.3 Å². The highest BCUT2D eigenvalue weighted by atomic mass is 79.9. The Balaban J connectivity index is 2.18. The van der Waals surface area contributed by atoms with Gasteiger partial charge in [-0.05, 0) is 45.8 Å². The Bertz CT molecular complexity index is 639. The number of amides is 1. The maximum absolute atomic E-state index is 12.1. The number of pyridine rings is 2. The van der Waals surface area contributed by atoms with Crippen molar-refractivity contribution in [1.82, 2.24) is 15.3 Å². The van der Waals surface area contributed by atoms with Gasteiger partial charge in [-0.15, -0.1) is 0 Å². The average Bonchev–Trinajstić information content (AvgIpc) is 2.47. The first-order valence-electron chi connectivity index (χ1n) is 5.90. The summed E-state index contributed by atoms with van der Waals surface area (Å²) in [5, 5.41) is 11.8. The Morgan fingerprint density at radius 2 is 2.10 bits per heavy atom. The predicted octanol–water partition coefficient (Wildman–Crippen LogP) is 2.62. The Morgan fingerprint density at radius 3 is 2.75 bits per heavy atom. The van der Waals surface area contributed by atoms with Crippen molar-refractivity contribution in [2.45, 2.75) is 12.5 Å². The summed E-state index contributed by atoms with van der Waals surface area (Å²) < 4.78 is 0.663. The monoisotopic (exact) mass is 330 g/mol. The van der Waals surface area contributed by atoms with Crippen LogP contribution in [-0.4, -0.2) is 15.9 Å². The molecule has 0 aliphatic rings. The smallest absolute Gasteiger partial charge is 0.251 e. The Kier molecular flexibility index (Phi) is 4.80. The van der Waals surface area contributed by atoms with Crippen LogP contribution in [0.2, 0.25) is 0 Å². The number of hydrogen-bond donors (Lipinski definition) is 1. The normalized spacial score (nSPS) is 11.4. The second kappa shape index (κ2) is 6.78. The molecule has 0 aromatic carbocycles. The molecule has 5 nitrogen and oxygen atoms in total. The standard InChI is InChI=1S/C14H11BrN4O/c15-13-9-11(4-8-18-13)12(1-5-16)19-14(20)10-2-6-17-7-3-10/h2-4,6-9,12H,1H2,(H,19,20)/t12-/m0/s1. The Labute approximate surface area is 124 Å². The van der Waals surface area contributed by atoms with Crippen LogP contribution in [0.3, 0.4) is 0 Å². The lowest BCUT2D eigenvalue weighted by molar-refractivity contribution is 0.0937. The van der Waals surface area contributed by atoms with Crippen molar-refractivity contribution < 1.29 is 4.79 Å². The summed E-state index contributed by atoms with van der Waals surface area (Å²) in [6.07, 6.45) is 4.92.